The van der Waals surface area contributed by atoms with Gasteiger partial charge in [-0.15, -0.1) is 10.2 Å². The summed E-state index contributed by atoms with van der Waals surface area (Å²) in [4.78, 5) is 27.4. The molecule has 9 nitrogen and oxygen atoms in total. The maximum atomic E-state index is 12.9. The Kier molecular flexibility index (Phi) is 6.74. The van der Waals surface area contributed by atoms with Gasteiger partial charge in [-0.2, -0.15) is 0 Å². The van der Waals surface area contributed by atoms with Crippen LogP contribution < -0.4 is 20.1 Å². The second kappa shape index (κ2) is 9.86. The van der Waals surface area contributed by atoms with Crippen LogP contribution in [0.2, 0.25) is 0 Å². The Morgan fingerprint density at radius 2 is 1.73 bits per heavy atom. The summed E-state index contributed by atoms with van der Waals surface area (Å²) in [5, 5.41) is 15.0. The van der Waals surface area contributed by atoms with Crippen LogP contribution in [0.25, 0.3) is 10.6 Å². The highest BCUT2D eigenvalue weighted by molar-refractivity contribution is 7.18. The molecule has 1 aromatic heterocycles. The topological polar surface area (TPSA) is 106 Å². The van der Waals surface area contributed by atoms with E-state index in [0.29, 0.717) is 35.3 Å². The highest BCUT2D eigenvalue weighted by Gasteiger charge is 2.34. The van der Waals surface area contributed by atoms with Crippen LogP contribution in [-0.4, -0.2) is 53.8 Å². The van der Waals surface area contributed by atoms with Gasteiger partial charge in [0, 0.05) is 36.0 Å². The first-order chi connectivity index (χ1) is 16.0. The number of hydrogen-bond donors (Lipinski definition) is 2. The Bertz CT molecular complexity index is 1130. The molecule has 10 heteroatoms. The number of nitrogens with one attached hydrogen (secondary N) is 2. The van der Waals surface area contributed by atoms with Crippen LogP contribution in [-0.2, 0) is 4.79 Å². The van der Waals surface area contributed by atoms with Gasteiger partial charge in [0.25, 0.3) is 0 Å². The minimum atomic E-state index is -0.593. The van der Waals surface area contributed by atoms with Crippen LogP contribution in [0.3, 0.4) is 0 Å². The molecule has 172 valence electrons. The number of aromatic nitrogens is 2. The van der Waals surface area contributed by atoms with Gasteiger partial charge in [-0.3, -0.25) is 10.1 Å². The van der Waals surface area contributed by atoms with Crippen LogP contribution in [0.1, 0.15) is 18.4 Å². The summed E-state index contributed by atoms with van der Waals surface area (Å²) in [5.41, 5.74) is 2.62. The van der Waals surface area contributed by atoms with Gasteiger partial charge in [0.2, 0.25) is 11.0 Å². The summed E-state index contributed by atoms with van der Waals surface area (Å²) in [7, 11) is 3.08. The molecule has 0 aliphatic carbocycles. The van der Waals surface area contributed by atoms with Gasteiger partial charge in [0.1, 0.15) is 22.5 Å². The van der Waals surface area contributed by atoms with E-state index in [2.05, 4.69) is 20.8 Å². The van der Waals surface area contributed by atoms with Gasteiger partial charge in [-0.25, -0.2) is 4.79 Å². The Morgan fingerprint density at radius 1 is 1.03 bits per heavy atom. The van der Waals surface area contributed by atoms with Crippen molar-refractivity contribution < 1.29 is 19.1 Å². The number of ether oxygens (including phenoxy) is 2. The number of aryl methyl sites for hydroxylation is 1. The van der Waals surface area contributed by atoms with E-state index in [-0.39, 0.29) is 11.9 Å². The molecule has 1 atom stereocenters. The summed E-state index contributed by atoms with van der Waals surface area (Å²) in [6, 6.07) is 12.1. The molecule has 3 amide bonds. The molecule has 1 saturated heterocycles. The number of likely N-dealkylation sites (tertiary alicyclic amines) is 1. The first-order valence-electron chi connectivity index (χ1n) is 10.5. The van der Waals surface area contributed by atoms with E-state index in [0.717, 1.165) is 22.6 Å². The normalized spacial score (nSPS) is 15.2. The number of nitrogens with zero attached hydrogens (tertiary/aromatic N) is 3. The first kappa shape index (κ1) is 22.5. The lowest BCUT2D eigenvalue weighted by atomic mass is 10.2. The van der Waals surface area contributed by atoms with Crippen molar-refractivity contribution in [2.45, 2.75) is 25.8 Å². The Morgan fingerprint density at radius 3 is 2.39 bits per heavy atom. The van der Waals surface area contributed by atoms with Crippen molar-refractivity contribution in [1.29, 1.82) is 0 Å². The fraction of sp³-hybridized carbons (Fsp3) is 0.304. The zero-order valence-electron chi connectivity index (χ0n) is 18.6. The van der Waals surface area contributed by atoms with Crippen LogP contribution in [0.15, 0.2) is 42.5 Å². The third-order valence-electron chi connectivity index (χ3n) is 5.37. The maximum absolute atomic E-state index is 12.9. The molecule has 2 heterocycles. The Balaban J connectivity index is 1.42. The largest absolute Gasteiger partial charge is 0.497 e. The number of hydrogen-bond acceptors (Lipinski definition) is 7. The number of anilines is 2. The Labute approximate surface area is 195 Å². The van der Waals surface area contributed by atoms with E-state index < -0.39 is 6.04 Å². The smallest absolute Gasteiger partial charge is 0.322 e. The molecule has 2 N–H and O–H groups in total. The molecule has 4 rings (SSSR count). The molecular formula is C23H25N5O4S. The highest BCUT2D eigenvalue weighted by Crippen LogP contribution is 2.29. The third kappa shape index (κ3) is 5.23. The predicted octanol–water partition coefficient (Wildman–Crippen LogP) is 4.17. The second-order valence-electron chi connectivity index (χ2n) is 7.65. The lowest BCUT2D eigenvalue weighted by molar-refractivity contribution is -0.119. The van der Waals surface area contributed by atoms with Gasteiger partial charge in [0.05, 0.1) is 14.2 Å². The lowest BCUT2D eigenvalue weighted by Crippen LogP contribution is -2.45. The van der Waals surface area contributed by atoms with Gasteiger partial charge < -0.3 is 19.7 Å². The zero-order chi connectivity index (χ0) is 23.4. The summed E-state index contributed by atoms with van der Waals surface area (Å²) in [6.07, 6.45) is 1.31. The zero-order valence-corrected chi connectivity index (χ0v) is 19.4. The lowest BCUT2D eigenvalue weighted by Gasteiger charge is -2.24. The fourth-order valence-electron chi connectivity index (χ4n) is 3.63. The molecule has 1 aliphatic rings. The molecule has 0 spiro atoms. The summed E-state index contributed by atoms with van der Waals surface area (Å²) >= 11 is 1.30. The van der Waals surface area contributed by atoms with Gasteiger partial charge in [-0.05, 0) is 19.8 Å². The van der Waals surface area contributed by atoms with Crippen molar-refractivity contribution in [3.63, 3.8) is 0 Å². The van der Waals surface area contributed by atoms with Crippen molar-refractivity contribution in [2.24, 2.45) is 0 Å². The van der Waals surface area contributed by atoms with E-state index in [1.165, 1.54) is 16.2 Å². The van der Waals surface area contributed by atoms with Gasteiger partial charge >= 0.3 is 6.03 Å². The SMILES string of the molecule is COc1cc(NC(=O)N2CCCC2C(=O)Nc2nnc(-c3ccc(C)cc3)s2)cc(OC)c1. The highest BCUT2D eigenvalue weighted by atomic mass is 32.1. The average molecular weight is 468 g/mol. The van der Waals surface area contributed by atoms with Crippen molar-refractivity contribution >= 4 is 34.1 Å². The van der Waals surface area contributed by atoms with Crippen molar-refractivity contribution in [3.05, 3.63) is 48.0 Å². The molecule has 0 radical (unpaired) electrons. The minimum Gasteiger partial charge on any atom is -0.497 e. The standard InChI is InChI=1S/C23H25N5O4S/c1-14-6-8-15(9-7-14)21-26-27-22(33-21)25-20(29)19-5-4-10-28(19)23(30)24-16-11-17(31-2)13-18(12-16)32-3/h6-9,11-13,19H,4-5,10H2,1-3H3,(H,24,30)(H,25,27,29). The second-order valence-corrected chi connectivity index (χ2v) is 8.63. The van der Waals surface area contributed by atoms with E-state index in [4.69, 9.17) is 9.47 Å². The summed E-state index contributed by atoms with van der Waals surface area (Å²) in [5.74, 6) is 0.833. The van der Waals surface area contributed by atoms with E-state index >= 15 is 0 Å². The fourth-order valence-corrected chi connectivity index (χ4v) is 4.38. The number of carbonyl (C=O) groups excluding carboxylic acids is 2. The summed E-state index contributed by atoms with van der Waals surface area (Å²) < 4.78 is 10.5. The number of amides is 3. The van der Waals surface area contributed by atoms with Crippen molar-refractivity contribution in [2.75, 3.05) is 31.4 Å². The number of methoxy groups -OCH3 is 2. The molecule has 33 heavy (non-hydrogen) atoms. The predicted molar refractivity (Wildman–Crippen MR) is 127 cm³/mol. The van der Waals surface area contributed by atoms with Crippen molar-refractivity contribution in [1.82, 2.24) is 15.1 Å². The number of rotatable bonds is 6. The van der Waals surface area contributed by atoms with Gasteiger partial charge in [-0.1, -0.05) is 41.2 Å². The molecule has 2 aromatic carbocycles. The monoisotopic (exact) mass is 467 g/mol. The van der Waals surface area contributed by atoms with E-state index in [9.17, 15) is 9.59 Å². The van der Waals surface area contributed by atoms with Crippen molar-refractivity contribution in [3.8, 4) is 22.1 Å². The van der Waals surface area contributed by atoms with Crippen LogP contribution in [0.5, 0.6) is 11.5 Å². The van der Waals surface area contributed by atoms with Crippen LogP contribution in [0, 0.1) is 6.92 Å². The van der Waals surface area contributed by atoms with Crippen LogP contribution >= 0.6 is 11.3 Å². The van der Waals surface area contributed by atoms with E-state index in [1.54, 1.807) is 32.4 Å². The van der Waals surface area contributed by atoms with E-state index in [1.807, 2.05) is 31.2 Å². The Hall–Kier alpha value is -3.66. The first-order valence-corrected chi connectivity index (χ1v) is 11.3. The molecule has 0 saturated carbocycles. The molecule has 1 fully saturated rings. The summed E-state index contributed by atoms with van der Waals surface area (Å²) in [6.45, 7) is 2.50. The molecule has 1 unspecified atom stereocenters. The average Bonchev–Trinajstić information content (AvgIpc) is 3.49. The minimum absolute atomic E-state index is 0.280. The van der Waals surface area contributed by atoms with Crippen LogP contribution in [0.4, 0.5) is 15.6 Å². The molecular weight excluding hydrogens is 442 g/mol. The maximum Gasteiger partial charge on any atom is 0.322 e. The third-order valence-corrected chi connectivity index (χ3v) is 6.26. The quantitative estimate of drug-likeness (QED) is 0.564. The van der Waals surface area contributed by atoms with Gasteiger partial charge in [0.15, 0.2) is 0 Å². The number of benzene rings is 2. The number of carbonyl (C=O) groups is 2. The number of urea groups is 1. The molecule has 3 aromatic rings. The molecule has 1 aliphatic heterocycles. The molecule has 0 bridgehead atoms.